The molecule has 0 fully saturated rings. The number of benzene rings is 3. The van der Waals surface area contributed by atoms with Crippen molar-refractivity contribution in [2.45, 2.75) is 38.6 Å². The zero-order chi connectivity index (χ0) is 32.2. The van der Waals surface area contributed by atoms with Gasteiger partial charge in [0.2, 0.25) is 0 Å². The molecule has 4 heterocycles. The van der Waals surface area contributed by atoms with E-state index in [-0.39, 0.29) is 12.0 Å². The van der Waals surface area contributed by atoms with Crippen molar-refractivity contribution in [1.82, 2.24) is 9.97 Å². The number of aliphatic imine (C=N–C) groups is 2. The van der Waals surface area contributed by atoms with Crippen LogP contribution < -0.4 is 0 Å². The highest BCUT2D eigenvalue weighted by Crippen LogP contribution is 2.41. The minimum absolute atomic E-state index is 0.0104. The summed E-state index contributed by atoms with van der Waals surface area (Å²) in [6, 6.07) is 38.5. The lowest BCUT2D eigenvalue weighted by molar-refractivity contribution is 0.592. The second-order valence-corrected chi connectivity index (χ2v) is 13.5. The Morgan fingerprint density at radius 1 is 0.583 bits per heavy atom. The van der Waals surface area contributed by atoms with Crippen molar-refractivity contribution >= 4 is 11.4 Å². The summed E-state index contributed by atoms with van der Waals surface area (Å²) < 4.78 is 0. The van der Waals surface area contributed by atoms with Gasteiger partial charge in [0.05, 0.1) is 34.2 Å². The number of aromatic nitrogens is 2. The van der Waals surface area contributed by atoms with E-state index in [4.69, 9.17) is 20.0 Å². The minimum atomic E-state index is -0.0104. The van der Waals surface area contributed by atoms with Gasteiger partial charge in [-0.1, -0.05) is 123 Å². The van der Waals surface area contributed by atoms with E-state index in [1.54, 1.807) is 0 Å². The molecule has 5 aromatic rings. The van der Waals surface area contributed by atoms with Crippen LogP contribution in [0.25, 0.3) is 33.9 Å². The standard InChI is InChI=1S/C44H36N4/c1-27-24-34-18-22-38(30-12-7-4-8-13-30)46-42(34)44-36(27)20-23-39(47-44)32-14-9-15-33(26-32)40-25-28(2)35-19-16-31-17-21-37(29-10-5-3-6-11-29)45-41(31)43(35)48-40/h3-23,26-28,31,41H,24-25H2,1-2H3. The first-order chi connectivity index (χ1) is 23.6. The summed E-state index contributed by atoms with van der Waals surface area (Å²) in [5.41, 5.74) is 15.5. The summed E-state index contributed by atoms with van der Waals surface area (Å²) in [5, 5.41) is 0. The largest absolute Gasteiger partial charge is 0.274 e. The molecule has 0 bridgehead atoms. The van der Waals surface area contributed by atoms with E-state index in [2.05, 4.69) is 141 Å². The van der Waals surface area contributed by atoms with Gasteiger partial charge in [0.15, 0.2) is 0 Å². The number of dihydropyridines is 1. The molecule has 0 radical (unpaired) electrons. The molecule has 2 aromatic heterocycles. The Morgan fingerprint density at radius 2 is 1.27 bits per heavy atom. The third-order valence-electron chi connectivity index (χ3n) is 10.3. The van der Waals surface area contributed by atoms with Gasteiger partial charge in [-0.3, -0.25) is 9.98 Å². The average molecular weight is 621 g/mol. The van der Waals surface area contributed by atoms with Crippen LogP contribution in [0.3, 0.4) is 0 Å². The molecule has 48 heavy (non-hydrogen) atoms. The number of hydrogen-bond donors (Lipinski definition) is 0. The molecule has 4 nitrogen and oxygen atoms in total. The van der Waals surface area contributed by atoms with E-state index in [9.17, 15) is 0 Å². The Labute approximate surface area is 282 Å². The van der Waals surface area contributed by atoms with Gasteiger partial charge in [0.1, 0.15) is 6.04 Å². The molecule has 2 aliphatic carbocycles. The van der Waals surface area contributed by atoms with Crippen LogP contribution in [0.2, 0.25) is 0 Å². The van der Waals surface area contributed by atoms with E-state index in [1.165, 1.54) is 16.7 Å². The van der Waals surface area contributed by atoms with Gasteiger partial charge in [-0.2, -0.15) is 0 Å². The van der Waals surface area contributed by atoms with Crippen LogP contribution in [0.15, 0.2) is 155 Å². The summed E-state index contributed by atoms with van der Waals surface area (Å²) >= 11 is 0. The number of allylic oxidation sites excluding steroid dienone is 3. The second-order valence-electron chi connectivity index (χ2n) is 13.5. The molecule has 0 saturated carbocycles. The lowest BCUT2D eigenvalue weighted by Gasteiger charge is -2.33. The van der Waals surface area contributed by atoms with E-state index in [1.807, 2.05) is 6.07 Å². The fraction of sp³-hybridized carbons (Fsp3) is 0.182. The van der Waals surface area contributed by atoms with Gasteiger partial charge in [-0.05, 0) is 76.8 Å². The van der Waals surface area contributed by atoms with Crippen LogP contribution in [0, 0.1) is 11.8 Å². The maximum atomic E-state index is 5.39. The second kappa shape index (κ2) is 11.6. The van der Waals surface area contributed by atoms with Crippen molar-refractivity contribution in [3.8, 4) is 33.9 Å². The Bertz CT molecular complexity index is 2220. The zero-order valence-corrected chi connectivity index (χ0v) is 27.2. The molecule has 0 N–H and O–H groups in total. The normalized spacial score (nSPS) is 22.2. The number of rotatable bonds is 4. The highest BCUT2D eigenvalue weighted by atomic mass is 14.9. The molecule has 4 unspecified atom stereocenters. The third-order valence-corrected chi connectivity index (χ3v) is 10.3. The Hall–Kier alpha value is -5.48. The van der Waals surface area contributed by atoms with E-state index in [0.29, 0.717) is 11.8 Å². The van der Waals surface area contributed by atoms with Crippen molar-refractivity contribution in [2.75, 3.05) is 0 Å². The molecule has 2 aliphatic heterocycles. The average Bonchev–Trinajstić information content (AvgIpc) is 3.15. The number of pyridine rings is 2. The molecule has 0 spiro atoms. The van der Waals surface area contributed by atoms with Crippen molar-refractivity contribution in [3.63, 3.8) is 0 Å². The highest BCUT2D eigenvalue weighted by Gasteiger charge is 2.34. The summed E-state index contributed by atoms with van der Waals surface area (Å²) in [6.07, 6.45) is 10.9. The van der Waals surface area contributed by atoms with Crippen molar-refractivity contribution in [1.29, 1.82) is 0 Å². The Morgan fingerprint density at radius 3 is 2.10 bits per heavy atom. The van der Waals surface area contributed by atoms with E-state index < -0.39 is 0 Å². The van der Waals surface area contributed by atoms with Crippen LogP contribution in [-0.4, -0.2) is 27.4 Å². The smallest absolute Gasteiger partial charge is 0.103 e. The molecule has 4 aliphatic rings. The summed E-state index contributed by atoms with van der Waals surface area (Å²) in [6.45, 7) is 4.61. The third kappa shape index (κ3) is 5.00. The zero-order valence-electron chi connectivity index (χ0n) is 27.2. The summed E-state index contributed by atoms with van der Waals surface area (Å²) in [7, 11) is 0. The van der Waals surface area contributed by atoms with Crippen LogP contribution in [0.1, 0.15) is 48.4 Å². The molecule has 232 valence electrons. The minimum Gasteiger partial charge on any atom is -0.274 e. The molecule has 9 rings (SSSR count). The van der Waals surface area contributed by atoms with Gasteiger partial charge < -0.3 is 0 Å². The molecule has 0 amide bonds. The fourth-order valence-electron chi connectivity index (χ4n) is 7.71. The predicted octanol–water partition coefficient (Wildman–Crippen LogP) is 9.83. The lowest BCUT2D eigenvalue weighted by Crippen LogP contribution is -2.30. The predicted molar refractivity (Wildman–Crippen MR) is 196 cm³/mol. The summed E-state index contributed by atoms with van der Waals surface area (Å²) in [4.78, 5) is 21.2. The van der Waals surface area contributed by atoms with Gasteiger partial charge in [0, 0.05) is 22.8 Å². The molecule has 3 aromatic carbocycles. The lowest BCUT2D eigenvalue weighted by atomic mass is 9.79. The quantitative estimate of drug-likeness (QED) is 0.201. The molecular formula is C44H36N4. The van der Waals surface area contributed by atoms with Crippen LogP contribution in [0.5, 0.6) is 0 Å². The number of nitrogens with zero attached hydrogens (tertiary/aromatic N) is 4. The summed E-state index contributed by atoms with van der Waals surface area (Å²) in [5.74, 6) is 0.969. The first-order valence-corrected chi connectivity index (χ1v) is 17.1. The molecule has 4 atom stereocenters. The van der Waals surface area contributed by atoms with Crippen LogP contribution in [0.4, 0.5) is 0 Å². The number of fused-ring (bicyclic) bond motifs is 5. The molecule has 0 saturated heterocycles. The van der Waals surface area contributed by atoms with E-state index >= 15 is 0 Å². The van der Waals surface area contributed by atoms with Gasteiger partial charge in [-0.25, -0.2) is 9.97 Å². The van der Waals surface area contributed by atoms with Crippen LogP contribution in [-0.2, 0) is 6.42 Å². The van der Waals surface area contributed by atoms with Gasteiger partial charge >= 0.3 is 0 Å². The molecular weight excluding hydrogens is 585 g/mol. The van der Waals surface area contributed by atoms with Crippen molar-refractivity contribution in [2.24, 2.45) is 21.8 Å². The van der Waals surface area contributed by atoms with Crippen molar-refractivity contribution < 1.29 is 0 Å². The Kier molecular flexibility index (Phi) is 6.97. The molecule has 4 heteroatoms. The maximum absolute atomic E-state index is 5.39. The van der Waals surface area contributed by atoms with Gasteiger partial charge in [0.25, 0.3) is 0 Å². The maximum Gasteiger partial charge on any atom is 0.103 e. The first kappa shape index (κ1) is 28.7. The Balaban J connectivity index is 1.08. The van der Waals surface area contributed by atoms with E-state index in [0.717, 1.165) is 75.0 Å². The van der Waals surface area contributed by atoms with Crippen molar-refractivity contribution in [3.05, 3.63) is 167 Å². The first-order valence-electron chi connectivity index (χ1n) is 17.1. The topological polar surface area (TPSA) is 50.5 Å². The van der Waals surface area contributed by atoms with Gasteiger partial charge in [-0.15, -0.1) is 0 Å². The fourth-order valence-corrected chi connectivity index (χ4v) is 7.71. The monoisotopic (exact) mass is 620 g/mol. The van der Waals surface area contributed by atoms with Crippen LogP contribution >= 0.6 is 0 Å². The SMILES string of the molecule is CC1CC(c2cccc(-c3ccc4c(n3)-c3nc(-c5ccccc5)ccc3CC4C)c2)=NC2=C1C=CC1C=CC(c3ccccc3)=NC21. The number of hydrogen-bond acceptors (Lipinski definition) is 4. The highest BCUT2D eigenvalue weighted by molar-refractivity contribution is 6.09.